The summed E-state index contributed by atoms with van der Waals surface area (Å²) in [4.78, 5) is 0. The van der Waals surface area contributed by atoms with Gasteiger partial charge in [0.05, 0.1) is 25.2 Å². The van der Waals surface area contributed by atoms with E-state index in [0.717, 1.165) is 12.8 Å². The zero-order chi connectivity index (χ0) is 7.40. The van der Waals surface area contributed by atoms with E-state index in [2.05, 4.69) is 6.07 Å². The number of nitrogens with two attached hydrogens (primary N) is 1. The topological polar surface area (TPSA) is 59.0 Å². The summed E-state index contributed by atoms with van der Waals surface area (Å²) in [6.45, 7) is 0.617. The first-order chi connectivity index (χ1) is 4.83. The van der Waals surface area contributed by atoms with Crippen LogP contribution < -0.4 is 5.73 Å². The van der Waals surface area contributed by atoms with Crippen molar-refractivity contribution in [3.63, 3.8) is 0 Å². The lowest BCUT2D eigenvalue weighted by Crippen LogP contribution is -2.35. The Labute approximate surface area is 60.8 Å². The van der Waals surface area contributed by atoms with Crippen molar-refractivity contribution in [1.29, 1.82) is 5.26 Å². The van der Waals surface area contributed by atoms with Crippen molar-refractivity contribution in [1.82, 2.24) is 0 Å². The lowest BCUT2D eigenvalue weighted by Gasteiger charge is -2.24. The molecule has 0 unspecified atom stereocenters. The first kappa shape index (κ1) is 7.52. The number of hydrogen-bond acceptors (Lipinski definition) is 3. The molecular formula is C7H12N2O. The zero-order valence-corrected chi connectivity index (χ0v) is 5.92. The van der Waals surface area contributed by atoms with Crippen LogP contribution in [0.1, 0.15) is 19.3 Å². The molecule has 2 N–H and O–H groups in total. The van der Waals surface area contributed by atoms with Crippen LogP contribution in [0.15, 0.2) is 0 Å². The molecule has 0 aromatic heterocycles. The molecule has 1 rings (SSSR count). The van der Waals surface area contributed by atoms with Crippen molar-refractivity contribution in [3.8, 4) is 6.07 Å². The molecule has 1 aliphatic heterocycles. The van der Waals surface area contributed by atoms with Gasteiger partial charge < -0.3 is 10.5 Å². The molecule has 1 fully saturated rings. The molecule has 0 bridgehead atoms. The first-order valence-electron chi connectivity index (χ1n) is 3.57. The monoisotopic (exact) mass is 140 g/mol. The standard InChI is InChI=1S/C7H12N2O/c8-4-3-7-2-1-6(9)5-10-7/h6-7H,1-3,5,9H2/t6-,7+/m0/s1. The maximum absolute atomic E-state index is 8.32. The van der Waals surface area contributed by atoms with Crippen molar-refractivity contribution in [3.05, 3.63) is 0 Å². The second-order valence-electron chi connectivity index (χ2n) is 2.66. The summed E-state index contributed by atoms with van der Waals surface area (Å²) in [6, 6.07) is 2.28. The Morgan fingerprint density at radius 3 is 2.90 bits per heavy atom. The third-order valence-corrected chi connectivity index (χ3v) is 1.72. The third-order valence-electron chi connectivity index (χ3n) is 1.72. The molecule has 0 radical (unpaired) electrons. The number of rotatable bonds is 1. The van der Waals surface area contributed by atoms with E-state index in [9.17, 15) is 0 Å². The lowest BCUT2D eigenvalue weighted by molar-refractivity contribution is 0.00864. The Morgan fingerprint density at radius 1 is 1.60 bits per heavy atom. The van der Waals surface area contributed by atoms with Crippen LogP contribution in [-0.4, -0.2) is 18.8 Å². The molecule has 3 nitrogen and oxygen atoms in total. The van der Waals surface area contributed by atoms with Crippen molar-refractivity contribution in [2.45, 2.75) is 31.4 Å². The molecule has 3 heteroatoms. The van der Waals surface area contributed by atoms with Crippen LogP contribution in [0, 0.1) is 11.3 Å². The predicted octanol–water partition coefficient (Wildman–Crippen LogP) is 0.406. The van der Waals surface area contributed by atoms with Gasteiger partial charge in [-0.05, 0) is 12.8 Å². The van der Waals surface area contributed by atoms with Gasteiger partial charge in [-0.25, -0.2) is 0 Å². The summed E-state index contributed by atoms with van der Waals surface area (Å²) < 4.78 is 5.28. The molecule has 0 spiro atoms. The molecule has 0 aromatic rings. The maximum atomic E-state index is 8.32. The molecule has 0 aliphatic carbocycles. The molecule has 10 heavy (non-hydrogen) atoms. The SMILES string of the molecule is N#CC[C@H]1CC[C@H](N)CO1. The van der Waals surface area contributed by atoms with Gasteiger partial charge in [0.2, 0.25) is 0 Å². The minimum Gasteiger partial charge on any atom is -0.376 e. The summed E-state index contributed by atoms with van der Waals surface area (Å²) >= 11 is 0. The van der Waals surface area contributed by atoms with Crippen molar-refractivity contribution < 1.29 is 4.74 Å². The Balaban J connectivity index is 2.21. The Morgan fingerprint density at radius 2 is 2.40 bits per heavy atom. The van der Waals surface area contributed by atoms with Crippen LogP contribution >= 0.6 is 0 Å². The molecule has 1 saturated heterocycles. The van der Waals surface area contributed by atoms with Crippen molar-refractivity contribution >= 4 is 0 Å². The fraction of sp³-hybridized carbons (Fsp3) is 0.857. The summed E-state index contributed by atoms with van der Waals surface area (Å²) in [5.74, 6) is 0. The fourth-order valence-corrected chi connectivity index (χ4v) is 1.09. The molecular weight excluding hydrogens is 128 g/mol. The quantitative estimate of drug-likeness (QED) is 0.573. The van der Waals surface area contributed by atoms with E-state index in [1.807, 2.05) is 0 Å². The normalized spacial score (nSPS) is 33.2. The average molecular weight is 140 g/mol. The summed E-state index contributed by atoms with van der Waals surface area (Å²) in [5, 5.41) is 8.32. The highest BCUT2D eigenvalue weighted by molar-refractivity contribution is 4.80. The minimum absolute atomic E-state index is 0.143. The number of nitriles is 1. The van der Waals surface area contributed by atoms with Crippen LogP contribution in [0.5, 0.6) is 0 Å². The van der Waals surface area contributed by atoms with Gasteiger partial charge in [-0.3, -0.25) is 0 Å². The van der Waals surface area contributed by atoms with Crippen molar-refractivity contribution in [2.24, 2.45) is 5.73 Å². The van der Waals surface area contributed by atoms with E-state index >= 15 is 0 Å². The van der Waals surface area contributed by atoms with Gasteiger partial charge in [-0.15, -0.1) is 0 Å². The zero-order valence-electron chi connectivity index (χ0n) is 5.92. The Hall–Kier alpha value is -0.590. The Bertz CT molecular complexity index is 133. The highest BCUT2D eigenvalue weighted by atomic mass is 16.5. The molecule has 2 atom stereocenters. The van der Waals surface area contributed by atoms with E-state index in [1.165, 1.54) is 0 Å². The summed E-state index contributed by atoms with van der Waals surface area (Å²) in [5.41, 5.74) is 5.59. The molecule has 0 amide bonds. The molecule has 56 valence electrons. The molecule has 1 heterocycles. The van der Waals surface area contributed by atoms with E-state index in [-0.39, 0.29) is 12.1 Å². The number of ether oxygens (including phenoxy) is 1. The van der Waals surface area contributed by atoms with Crippen LogP contribution in [0.4, 0.5) is 0 Å². The van der Waals surface area contributed by atoms with E-state index in [0.29, 0.717) is 13.0 Å². The first-order valence-corrected chi connectivity index (χ1v) is 3.57. The largest absolute Gasteiger partial charge is 0.376 e. The van der Waals surface area contributed by atoms with Crippen molar-refractivity contribution in [2.75, 3.05) is 6.61 Å². The third kappa shape index (κ3) is 1.98. The number of hydrogen-bond donors (Lipinski definition) is 1. The van der Waals surface area contributed by atoms with E-state index < -0.39 is 0 Å². The highest BCUT2D eigenvalue weighted by Crippen LogP contribution is 2.13. The highest BCUT2D eigenvalue weighted by Gasteiger charge is 2.17. The lowest BCUT2D eigenvalue weighted by atomic mass is 10.0. The number of nitrogens with zero attached hydrogens (tertiary/aromatic N) is 1. The molecule has 1 aliphatic rings. The Kier molecular flexibility index (Phi) is 2.67. The smallest absolute Gasteiger partial charge is 0.0706 e. The van der Waals surface area contributed by atoms with E-state index in [4.69, 9.17) is 15.7 Å². The minimum atomic E-state index is 0.143. The van der Waals surface area contributed by atoms with E-state index in [1.54, 1.807) is 0 Å². The van der Waals surface area contributed by atoms with Gasteiger partial charge in [0.25, 0.3) is 0 Å². The second kappa shape index (κ2) is 3.55. The predicted molar refractivity (Wildman–Crippen MR) is 37.2 cm³/mol. The van der Waals surface area contributed by atoms with Gasteiger partial charge in [-0.1, -0.05) is 0 Å². The van der Waals surface area contributed by atoms with Gasteiger partial charge in [0.15, 0.2) is 0 Å². The summed E-state index contributed by atoms with van der Waals surface area (Å²) in [7, 11) is 0. The van der Waals surface area contributed by atoms with Gasteiger partial charge in [0, 0.05) is 6.04 Å². The van der Waals surface area contributed by atoms with Crippen LogP contribution in [-0.2, 0) is 4.74 Å². The van der Waals surface area contributed by atoms with Crippen LogP contribution in [0.2, 0.25) is 0 Å². The van der Waals surface area contributed by atoms with Crippen LogP contribution in [0.3, 0.4) is 0 Å². The van der Waals surface area contributed by atoms with Gasteiger partial charge >= 0.3 is 0 Å². The fourth-order valence-electron chi connectivity index (χ4n) is 1.09. The second-order valence-corrected chi connectivity index (χ2v) is 2.66. The summed E-state index contributed by atoms with van der Waals surface area (Å²) in [6.07, 6.45) is 2.58. The molecule has 0 saturated carbocycles. The van der Waals surface area contributed by atoms with Crippen LogP contribution in [0.25, 0.3) is 0 Å². The van der Waals surface area contributed by atoms with Gasteiger partial charge in [0.1, 0.15) is 0 Å². The maximum Gasteiger partial charge on any atom is 0.0706 e. The average Bonchev–Trinajstić information content (AvgIpc) is 1.95. The molecule has 0 aromatic carbocycles. The van der Waals surface area contributed by atoms with Gasteiger partial charge in [-0.2, -0.15) is 5.26 Å².